The van der Waals surface area contributed by atoms with Gasteiger partial charge in [-0.15, -0.1) is 0 Å². The second-order valence-corrected chi connectivity index (χ2v) is 9.61. The van der Waals surface area contributed by atoms with Gasteiger partial charge >= 0.3 is 0 Å². The first-order valence-corrected chi connectivity index (χ1v) is 11.2. The van der Waals surface area contributed by atoms with E-state index in [1.807, 2.05) is 7.11 Å². The van der Waals surface area contributed by atoms with Crippen LogP contribution in [0.4, 0.5) is 0 Å². The maximum atomic E-state index is 5.76. The van der Waals surface area contributed by atoms with E-state index in [9.17, 15) is 0 Å². The molecule has 3 aliphatic carbocycles. The largest absolute Gasteiger partial charge is 0.377 e. The number of hydrogen-bond donors (Lipinski definition) is 0. The smallest absolute Gasteiger partial charge is 0.0794 e. The molecule has 0 radical (unpaired) electrons. The summed E-state index contributed by atoms with van der Waals surface area (Å²) >= 11 is 0. The molecule has 1 heterocycles. The maximum absolute atomic E-state index is 5.76. The van der Waals surface area contributed by atoms with E-state index in [2.05, 4.69) is 69.9 Å². The molecule has 1 aliphatic heterocycles. The van der Waals surface area contributed by atoms with E-state index >= 15 is 0 Å². The Morgan fingerprint density at radius 1 is 1.25 bits per heavy atom. The van der Waals surface area contributed by atoms with E-state index in [4.69, 9.17) is 4.74 Å². The number of ether oxygens (including phenoxy) is 1. The van der Waals surface area contributed by atoms with Crippen molar-refractivity contribution in [1.82, 2.24) is 4.90 Å². The van der Waals surface area contributed by atoms with Crippen LogP contribution in [0.15, 0.2) is 58.5 Å². The van der Waals surface area contributed by atoms with Crippen LogP contribution in [-0.2, 0) is 4.74 Å². The molecule has 0 spiro atoms. The van der Waals surface area contributed by atoms with E-state index < -0.39 is 0 Å². The molecule has 4 unspecified atom stereocenters. The molecule has 1 saturated carbocycles. The first-order valence-electron chi connectivity index (χ1n) is 11.2. The van der Waals surface area contributed by atoms with Crippen LogP contribution >= 0.6 is 0 Å². The zero-order valence-electron chi connectivity index (χ0n) is 18.6. The normalized spacial score (nSPS) is 36.7. The molecule has 4 rings (SSSR count). The Labute approximate surface area is 171 Å². The lowest BCUT2D eigenvalue weighted by Gasteiger charge is -2.37. The molecular weight excluding hydrogens is 342 g/mol. The molecule has 28 heavy (non-hydrogen) atoms. The summed E-state index contributed by atoms with van der Waals surface area (Å²) < 4.78 is 5.76. The van der Waals surface area contributed by atoms with Gasteiger partial charge in [-0.05, 0) is 82.8 Å². The molecule has 0 bridgehead atoms. The average Bonchev–Trinajstić information content (AvgIpc) is 3.45. The number of methoxy groups -OCH3 is 1. The predicted octanol–water partition coefficient (Wildman–Crippen LogP) is 6.40. The minimum atomic E-state index is 0.0642. The number of allylic oxidation sites excluding steroid dienone is 7. The monoisotopic (exact) mass is 379 g/mol. The Morgan fingerprint density at radius 2 is 2.00 bits per heavy atom. The summed E-state index contributed by atoms with van der Waals surface area (Å²) in [6.07, 6.45) is 17.4. The van der Waals surface area contributed by atoms with Gasteiger partial charge in [0.1, 0.15) is 0 Å². The van der Waals surface area contributed by atoms with Crippen molar-refractivity contribution in [2.75, 3.05) is 13.7 Å². The molecule has 152 valence electrons. The second kappa shape index (κ2) is 7.37. The van der Waals surface area contributed by atoms with Crippen LogP contribution in [0.5, 0.6) is 0 Å². The highest BCUT2D eigenvalue weighted by Crippen LogP contribution is 2.57. The van der Waals surface area contributed by atoms with Crippen LogP contribution < -0.4 is 0 Å². The van der Waals surface area contributed by atoms with Crippen LogP contribution in [0.25, 0.3) is 0 Å². The minimum Gasteiger partial charge on any atom is -0.377 e. The summed E-state index contributed by atoms with van der Waals surface area (Å²) in [7, 11) is 1.84. The Kier molecular flexibility index (Phi) is 5.20. The molecule has 0 aromatic rings. The molecule has 0 aromatic heterocycles. The lowest BCUT2D eigenvalue weighted by atomic mass is 9.67. The van der Waals surface area contributed by atoms with Crippen molar-refractivity contribution in [3.8, 4) is 0 Å². The number of likely N-dealkylation sites (tertiary alicyclic amines) is 1. The fraction of sp³-hybridized carbons (Fsp3) is 0.615. The molecule has 2 fully saturated rings. The third kappa shape index (κ3) is 3.34. The van der Waals surface area contributed by atoms with E-state index in [0.29, 0.717) is 11.8 Å². The summed E-state index contributed by atoms with van der Waals surface area (Å²) in [5.41, 5.74) is 7.53. The van der Waals surface area contributed by atoms with Gasteiger partial charge in [-0.3, -0.25) is 0 Å². The second-order valence-electron chi connectivity index (χ2n) is 9.61. The fourth-order valence-corrected chi connectivity index (χ4v) is 5.69. The summed E-state index contributed by atoms with van der Waals surface area (Å²) in [5, 5.41) is 0. The molecule has 0 amide bonds. The van der Waals surface area contributed by atoms with Crippen molar-refractivity contribution in [1.29, 1.82) is 0 Å². The Morgan fingerprint density at radius 3 is 2.61 bits per heavy atom. The van der Waals surface area contributed by atoms with Gasteiger partial charge in [-0.2, -0.15) is 0 Å². The van der Waals surface area contributed by atoms with Crippen molar-refractivity contribution in [3.63, 3.8) is 0 Å². The van der Waals surface area contributed by atoms with Gasteiger partial charge < -0.3 is 9.64 Å². The number of nitrogens with zero attached hydrogens (tertiary/aromatic N) is 1. The van der Waals surface area contributed by atoms with Crippen LogP contribution in [-0.4, -0.2) is 24.7 Å². The minimum absolute atomic E-state index is 0.0642. The Balaban J connectivity index is 1.77. The SMILES string of the molecule is CCN1C2=CCC(OC)C=C2C(C)(CC2C(C)=CC(C)=CC2C)/C1=C/C1CC1. The Hall–Kier alpha value is -1.54. The molecule has 2 nitrogen and oxygen atoms in total. The molecule has 0 N–H and O–H groups in total. The molecular formula is C26H37NO. The van der Waals surface area contributed by atoms with E-state index in [1.54, 1.807) is 11.3 Å². The van der Waals surface area contributed by atoms with Crippen LogP contribution in [0.2, 0.25) is 0 Å². The predicted molar refractivity (Wildman–Crippen MR) is 118 cm³/mol. The summed E-state index contributed by atoms with van der Waals surface area (Å²) in [4.78, 5) is 2.60. The Bertz CT molecular complexity index is 791. The zero-order valence-corrected chi connectivity index (χ0v) is 18.6. The van der Waals surface area contributed by atoms with E-state index in [1.165, 1.54) is 36.1 Å². The number of fused-ring (bicyclic) bond motifs is 1. The van der Waals surface area contributed by atoms with Gasteiger partial charge in [-0.1, -0.05) is 42.4 Å². The topological polar surface area (TPSA) is 12.5 Å². The molecule has 1 saturated heterocycles. The van der Waals surface area contributed by atoms with Crippen LogP contribution in [0.1, 0.15) is 60.3 Å². The summed E-state index contributed by atoms with van der Waals surface area (Å²) in [6, 6.07) is 0. The quantitative estimate of drug-likeness (QED) is 0.548. The number of rotatable bonds is 5. The van der Waals surface area contributed by atoms with Gasteiger partial charge in [0.15, 0.2) is 0 Å². The van der Waals surface area contributed by atoms with Gasteiger partial charge in [-0.25, -0.2) is 0 Å². The highest BCUT2D eigenvalue weighted by molar-refractivity contribution is 5.53. The van der Waals surface area contributed by atoms with Crippen molar-refractivity contribution < 1.29 is 4.74 Å². The standard InChI is InChI=1S/C26H37NO/c1-7-27-24-11-10-21(28-6)15-23(24)26(5,25(27)14-20-8-9-20)16-22-18(3)12-17(2)13-19(22)4/h11-15,18,20-22H,7-10,16H2,1-6H3/b25-14-. The van der Waals surface area contributed by atoms with Crippen molar-refractivity contribution >= 4 is 0 Å². The molecule has 4 atom stereocenters. The van der Waals surface area contributed by atoms with Gasteiger partial charge in [0.05, 0.1) is 6.10 Å². The summed E-state index contributed by atoms with van der Waals surface area (Å²) in [6.45, 7) is 12.8. The molecule has 2 heteroatoms. The van der Waals surface area contributed by atoms with Crippen LogP contribution in [0.3, 0.4) is 0 Å². The number of likely N-dealkylation sites (N-methyl/N-ethyl adjacent to an activating group) is 1. The molecule has 0 aromatic carbocycles. The van der Waals surface area contributed by atoms with Crippen molar-refractivity contribution in [2.24, 2.45) is 23.2 Å². The first-order chi connectivity index (χ1) is 13.4. The third-order valence-electron chi connectivity index (χ3n) is 7.38. The van der Waals surface area contributed by atoms with Gasteiger partial charge in [0.2, 0.25) is 0 Å². The van der Waals surface area contributed by atoms with E-state index in [-0.39, 0.29) is 11.5 Å². The lowest BCUT2D eigenvalue weighted by molar-refractivity contribution is 0.140. The van der Waals surface area contributed by atoms with Crippen LogP contribution in [0, 0.1) is 23.2 Å². The average molecular weight is 380 g/mol. The zero-order chi connectivity index (χ0) is 20.1. The summed E-state index contributed by atoms with van der Waals surface area (Å²) in [5.74, 6) is 1.97. The number of hydrogen-bond acceptors (Lipinski definition) is 2. The highest BCUT2D eigenvalue weighted by Gasteiger charge is 2.49. The van der Waals surface area contributed by atoms with Gasteiger partial charge in [0.25, 0.3) is 0 Å². The maximum Gasteiger partial charge on any atom is 0.0794 e. The lowest BCUT2D eigenvalue weighted by Crippen LogP contribution is -2.29. The fourth-order valence-electron chi connectivity index (χ4n) is 5.69. The third-order valence-corrected chi connectivity index (χ3v) is 7.38. The van der Waals surface area contributed by atoms with Crippen molar-refractivity contribution in [3.05, 3.63) is 58.5 Å². The van der Waals surface area contributed by atoms with Gasteiger partial charge in [0, 0.05) is 30.5 Å². The molecule has 4 aliphatic rings. The van der Waals surface area contributed by atoms with E-state index in [0.717, 1.165) is 18.9 Å². The first kappa shape index (κ1) is 19.8. The van der Waals surface area contributed by atoms with Crippen molar-refractivity contribution in [2.45, 2.75) is 66.4 Å². The highest BCUT2D eigenvalue weighted by atomic mass is 16.5.